The van der Waals surface area contributed by atoms with Crippen molar-refractivity contribution >= 4 is 12.2 Å². The van der Waals surface area contributed by atoms with Gasteiger partial charge in [-0.1, -0.05) is 48.5 Å². The van der Waals surface area contributed by atoms with Crippen LogP contribution in [0.4, 0.5) is 0 Å². The van der Waals surface area contributed by atoms with E-state index < -0.39 is 0 Å². The lowest BCUT2D eigenvalue weighted by Crippen LogP contribution is -2.30. The van der Waals surface area contributed by atoms with Gasteiger partial charge in [-0.15, -0.1) is 0 Å². The van der Waals surface area contributed by atoms with E-state index in [4.69, 9.17) is 0 Å². The first-order chi connectivity index (χ1) is 9.33. The molecule has 0 bridgehead atoms. The summed E-state index contributed by atoms with van der Waals surface area (Å²) in [4.78, 5) is 24.8. The van der Waals surface area contributed by atoms with E-state index in [1.54, 1.807) is 4.90 Å². The Hall–Kier alpha value is -2.42. The van der Waals surface area contributed by atoms with E-state index >= 15 is 0 Å². The molecule has 1 heterocycles. The van der Waals surface area contributed by atoms with Crippen LogP contribution in [0.1, 0.15) is 27.5 Å². The van der Waals surface area contributed by atoms with Crippen LogP contribution in [0, 0.1) is 0 Å². The summed E-state index contributed by atoms with van der Waals surface area (Å²) in [5, 5.41) is 0. The predicted molar refractivity (Wildman–Crippen MR) is 71.8 cm³/mol. The minimum Gasteiger partial charge on any atom is -0.320 e. The number of amides is 1. The quantitative estimate of drug-likeness (QED) is 0.786. The molecule has 0 saturated carbocycles. The van der Waals surface area contributed by atoms with Gasteiger partial charge < -0.3 is 9.69 Å². The number of hydrogen-bond donors (Lipinski definition) is 0. The number of carbonyl (C=O) groups is 2. The maximum atomic E-state index is 12.3. The first-order valence-electron chi connectivity index (χ1n) is 6.21. The summed E-state index contributed by atoms with van der Waals surface area (Å²) in [5.41, 5.74) is 2.70. The molecule has 3 nitrogen and oxygen atoms in total. The van der Waals surface area contributed by atoms with Gasteiger partial charge in [0.25, 0.3) is 5.91 Å². The normalized spacial score (nSPS) is 17.4. The Bertz CT molecular complexity index is 622. The van der Waals surface area contributed by atoms with E-state index in [1.807, 2.05) is 54.6 Å². The van der Waals surface area contributed by atoms with Gasteiger partial charge in [0.15, 0.2) is 0 Å². The van der Waals surface area contributed by atoms with Crippen molar-refractivity contribution in [2.45, 2.75) is 6.04 Å². The van der Waals surface area contributed by atoms with Gasteiger partial charge in [-0.2, -0.15) is 0 Å². The van der Waals surface area contributed by atoms with Crippen LogP contribution in [0.15, 0.2) is 54.6 Å². The third kappa shape index (κ3) is 1.83. The molecule has 0 fully saturated rings. The lowest BCUT2D eigenvalue weighted by Gasteiger charge is -2.23. The highest BCUT2D eigenvalue weighted by Gasteiger charge is 2.36. The van der Waals surface area contributed by atoms with Crippen LogP contribution in [0.25, 0.3) is 0 Å². The van der Waals surface area contributed by atoms with Crippen molar-refractivity contribution in [3.63, 3.8) is 0 Å². The molecule has 3 rings (SSSR count). The first-order valence-corrected chi connectivity index (χ1v) is 6.21. The molecule has 0 spiro atoms. The zero-order valence-corrected chi connectivity index (χ0v) is 10.3. The molecular weight excluding hydrogens is 238 g/mol. The molecule has 1 unspecified atom stereocenters. The van der Waals surface area contributed by atoms with Gasteiger partial charge in [0.1, 0.15) is 6.29 Å². The number of nitrogens with zero attached hydrogens (tertiary/aromatic N) is 1. The monoisotopic (exact) mass is 251 g/mol. The summed E-state index contributed by atoms with van der Waals surface area (Å²) < 4.78 is 0. The molecule has 1 atom stereocenters. The highest BCUT2D eigenvalue weighted by molar-refractivity contribution is 6.00. The third-order valence-electron chi connectivity index (χ3n) is 3.44. The highest BCUT2D eigenvalue weighted by Crippen LogP contribution is 2.37. The van der Waals surface area contributed by atoms with Crippen LogP contribution < -0.4 is 0 Å². The van der Waals surface area contributed by atoms with Crippen molar-refractivity contribution in [3.05, 3.63) is 71.3 Å². The Morgan fingerprint density at radius 1 is 1.00 bits per heavy atom. The predicted octanol–water partition coefficient (Wildman–Crippen LogP) is 2.43. The number of rotatable bonds is 3. The molecule has 0 radical (unpaired) electrons. The minimum atomic E-state index is -0.157. The Kier molecular flexibility index (Phi) is 2.88. The summed E-state index contributed by atoms with van der Waals surface area (Å²) in [7, 11) is 0. The highest BCUT2D eigenvalue weighted by atomic mass is 16.2. The van der Waals surface area contributed by atoms with Crippen molar-refractivity contribution in [3.8, 4) is 0 Å². The van der Waals surface area contributed by atoms with E-state index in [-0.39, 0.29) is 18.5 Å². The molecule has 2 aromatic rings. The number of fused-ring (bicyclic) bond motifs is 1. The average Bonchev–Trinajstić information content (AvgIpc) is 2.74. The van der Waals surface area contributed by atoms with Gasteiger partial charge in [0.2, 0.25) is 0 Å². The molecule has 0 aromatic heterocycles. The van der Waals surface area contributed by atoms with Gasteiger partial charge in [-0.3, -0.25) is 4.79 Å². The van der Waals surface area contributed by atoms with E-state index in [9.17, 15) is 9.59 Å². The minimum absolute atomic E-state index is 0.0726. The maximum Gasteiger partial charge on any atom is 0.255 e. The molecule has 2 aromatic carbocycles. The number of carbonyl (C=O) groups excluding carboxylic acids is 2. The lowest BCUT2D eigenvalue weighted by atomic mass is 9.98. The summed E-state index contributed by atoms with van der Waals surface area (Å²) in [6.07, 6.45) is 0.778. The fraction of sp³-hybridized carbons (Fsp3) is 0.125. The fourth-order valence-electron chi connectivity index (χ4n) is 2.63. The maximum absolute atomic E-state index is 12.3. The number of aldehydes is 1. The molecular formula is C16H13NO2. The van der Waals surface area contributed by atoms with Gasteiger partial charge >= 0.3 is 0 Å². The van der Waals surface area contributed by atoms with Crippen molar-refractivity contribution in [2.75, 3.05) is 6.54 Å². The van der Waals surface area contributed by atoms with Gasteiger partial charge in [0.05, 0.1) is 12.6 Å². The summed E-state index contributed by atoms with van der Waals surface area (Å²) in [6, 6.07) is 17.2. The molecule has 1 amide bonds. The molecule has 3 heteroatoms. The molecule has 0 saturated heterocycles. The van der Waals surface area contributed by atoms with Crippen LogP contribution in [-0.2, 0) is 4.79 Å². The molecule has 0 N–H and O–H groups in total. The van der Waals surface area contributed by atoms with Crippen molar-refractivity contribution in [2.24, 2.45) is 0 Å². The van der Waals surface area contributed by atoms with E-state index in [1.165, 1.54) is 0 Å². The Balaban J connectivity index is 2.14. The second-order valence-electron chi connectivity index (χ2n) is 4.52. The lowest BCUT2D eigenvalue weighted by molar-refractivity contribution is -0.108. The van der Waals surface area contributed by atoms with Crippen LogP contribution in [-0.4, -0.2) is 23.6 Å². The Labute approximate surface area is 111 Å². The molecule has 94 valence electrons. The summed E-state index contributed by atoms with van der Waals surface area (Å²) >= 11 is 0. The summed E-state index contributed by atoms with van der Waals surface area (Å²) in [5.74, 6) is -0.0726. The first kappa shape index (κ1) is 11.7. The largest absolute Gasteiger partial charge is 0.320 e. The summed E-state index contributed by atoms with van der Waals surface area (Å²) in [6.45, 7) is 0.118. The van der Waals surface area contributed by atoms with Gasteiger partial charge in [0, 0.05) is 5.56 Å². The molecule has 1 aliphatic rings. The van der Waals surface area contributed by atoms with E-state index in [0.717, 1.165) is 17.4 Å². The second-order valence-corrected chi connectivity index (χ2v) is 4.52. The number of hydrogen-bond acceptors (Lipinski definition) is 2. The number of benzene rings is 2. The van der Waals surface area contributed by atoms with Crippen LogP contribution >= 0.6 is 0 Å². The third-order valence-corrected chi connectivity index (χ3v) is 3.44. The SMILES string of the molecule is O=CCN1C(=O)c2ccccc2C1c1ccccc1. The van der Waals surface area contributed by atoms with Crippen LogP contribution in [0.3, 0.4) is 0 Å². The molecule has 19 heavy (non-hydrogen) atoms. The standard InChI is InChI=1S/C16H13NO2/c18-11-10-17-15(12-6-2-1-3-7-12)13-8-4-5-9-14(13)16(17)19/h1-9,11,15H,10H2. The topological polar surface area (TPSA) is 37.4 Å². The molecule has 1 aliphatic heterocycles. The second kappa shape index (κ2) is 4.69. The Morgan fingerprint density at radius 3 is 2.42 bits per heavy atom. The zero-order valence-electron chi connectivity index (χ0n) is 10.3. The zero-order chi connectivity index (χ0) is 13.2. The van der Waals surface area contributed by atoms with Crippen molar-refractivity contribution in [1.82, 2.24) is 4.90 Å². The van der Waals surface area contributed by atoms with E-state index in [0.29, 0.717) is 5.56 Å². The van der Waals surface area contributed by atoms with Gasteiger partial charge in [-0.25, -0.2) is 0 Å². The van der Waals surface area contributed by atoms with E-state index in [2.05, 4.69) is 0 Å². The molecule has 0 aliphatic carbocycles. The van der Waals surface area contributed by atoms with Crippen LogP contribution in [0.5, 0.6) is 0 Å². The Morgan fingerprint density at radius 2 is 1.68 bits per heavy atom. The van der Waals surface area contributed by atoms with Crippen LogP contribution in [0.2, 0.25) is 0 Å². The van der Waals surface area contributed by atoms with Crippen molar-refractivity contribution < 1.29 is 9.59 Å². The van der Waals surface area contributed by atoms with Gasteiger partial charge in [-0.05, 0) is 17.2 Å². The van der Waals surface area contributed by atoms with Crippen molar-refractivity contribution in [1.29, 1.82) is 0 Å². The average molecular weight is 251 g/mol. The fourth-order valence-corrected chi connectivity index (χ4v) is 2.63. The smallest absolute Gasteiger partial charge is 0.255 e.